The molecule has 1 fully saturated rings. The maximum Gasteiger partial charge on any atom is 0.0142 e. The van der Waals surface area contributed by atoms with E-state index in [4.69, 9.17) is 0 Å². The van der Waals surface area contributed by atoms with Crippen LogP contribution in [-0.2, 0) is 0 Å². The van der Waals surface area contributed by atoms with Gasteiger partial charge in [0.05, 0.1) is 0 Å². The third-order valence-corrected chi connectivity index (χ3v) is 3.08. The van der Waals surface area contributed by atoms with Gasteiger partial charge in [0.1, 0.15) is 0 Å². The molecular formula is C7H10S. The molecule has 44 valence electrons. The molecule has 1 heteroatoms. The van der Waals surface area contributed by atoms with E-state index in [0.29, 0.717) is 5.25 Å². The Balaban J connectivity index is 2.27. The molecule has 2 aliphatic carbocycles. The summed E-state index contributed by atoms with van der Waals surface area (Å²) in [6.07, 6.45) is 7.42. The number of thiol groups is 1. The van der Waals surface area contributed by atoms with Crippen molar-refractivity contribution in [3.63, 3.8) is 0 Å². The lowest BCUT2D eigenvalue weighted by molar-refractivity contribution is 0.705. The molecule has 0 heterocycles. The fourth-order valence-electron chi connectivity index (χ4n) is 1.75. The normalized spacial score (nSPS) is 50.9. The van der Waals surface area contributed by atoms with Crippen LogP contribution in [0.25, 0.3) is 0 Å². The van der Waals surface area contributed by atoms with E-state index >= 15 is 0 Å². The molecule has 0 spiro atoms. The van der Waals surface area contributed by atoms with Gasteiger partial charge in [-0.25, -0.2) is 0 Å². The van der Waals surface area contributed by atoms with Gasteiger partial charge in [0.15, 0.2) is 0 Å². The number of rotatable bonds is 0. The summed E-state index contributed by atoms with van der Waals surface area (Å²) in [5.74, 6) is 1.65. The smallest absolute Gasteiger partial charge is 0.0142 e. The number of hydrogen-bond donors (Lipinski definition) is 1. The maximum absolute atomic E-state index is 4.48. The Kier molecular flexibility index (Phi) is 0.944. The number of fused-ring (bicyclic) bond motifs is 2. The number of hydrogen-bond acceptors (Lipinski definition) is 1. The largest absolute Gasteiger partial charge is 0.175 e. The molecule has 0 amide bonds. The quantitative estimate of drug-likeness (QED) is 0.372. The van der Waals surface area contributed by atoms with Gasteiger partial charge >= 0.3 is 0 Å². The van der Waals surface area contributed by atoms with Gasteiger partial charge in [0.2, 0.25) is 0 Å². The second-order valence-electron chi connectivity index (χ2n) is 2.78. The van der Waals surface area contributed by atoms with E-state index in [0.717, 1.165) is 11.8 Å². The van der Waals surface area contributed by atoms with Crippen molar-refractivity contribution in [2.24, 2.45) is 11.8 Å². The molecule has 0 nitrogen and oxygen atoms in total. The summed E-state index contributed by atoms with van der Waals surface area (Å²) < 4.78 is 0. The minimum atomic E-state index is 0.676. The van der Waals surface area contributed by atoms with Crippen LogP contribution in [0, 0.1) is 11.8 Å². The molecule has 2 bridgehead atoms. The second kappa shape index (κ2) is 1.53. The minimum Gasteiger partial charge on any atom is -0.175 e. The molecule has 3 atom stereocenters. The van der Waals surface area contributed by atoms with Gasteiger partial charge in [0, 0.05) is 5.25 Å². The average Bonchev–Trinajstić information content (AvgIpc) is 2.29. The monoisotopic (exact) mass is 126 g/mol. The average molecular weight is 126 g/mol. The van der Waals surface area contributed by atoms with Crippen LogP contribution >= 0.6 is 12.6 Å². The molecule has 0 aliphatic heterocycles. The van der Waals surface area contributed by atoms with Crippen LogP contribution in [0.1, 0.15) is 12.8 Å². The highest BCUT2D eigenvalue weighted by Crippen LogP contribution is 2.42. The SMILES string of the molecule is SC1[C@@H]2C=C[C@H]1CC2. The molecule has 1 unspecified atom stereocenters. The molecule has 1 saturated carbocycles. The lowest BCUT2D eigenvalue weighted by atomic mass is 10.1. The van der Waals surface area contributed by atoms with Crippen LogP contribution in [-0.4, -0.2) is 5.25 Å². The predicted octanol–water partition coefficient (Wildman–Crippen LogP) is 1.88. The summed E-state index contributed by atoms with van der Waals surface area (Å²) in [7, 11) is 0. The Labute approximate surface area is 55.4 Å². The van der Waals surface area contributed by atoms with Crippen molar-refractivity contribution in [1.29, 1.82) is 0 Å². The lowest BCUT2D eigenvalue weighted by Crippen LogP contribution is -2.03. The Morgan fingerprint density at radius 1 is 1.12 bits per heavy atom. The first-order chi connectivity index (χ1) is 3.88. The van der Waals surface area contributed by atoms with Crippen LogP contribution in [0.3, 0.4) is 0 Å². The highest BCUT2D eigenvalue weighted by Gasteiger charge is 2.34. The fraction of sp³-hybridized carbons (Fsp3) is 0.714. The van der Waals surface area contributed by atoms with E-state index in [-0.39, 0.29) is 0 Å². The van der Waals surface area contributed by atoms with Gasteiger partial charge in [0.25, 0.3) is 0 Å². The van der Waals surface area contributed by atoms with Crippen molar-refractivity contribution in [3.05, 3.63) is 12.2 Å². The first-order valence-electron chi connectivity index (χ1n) is 3.24. The molecule has 2 aliphatic rings. The zero-order chi connectivity index (χ0) is 5.56. The summed E-state index contributed by atoms with van der Waals surface area (Å²) in [6, 6.07) is 0. The standard InChI is InChI=1S/C7H10S/c8-7-5-1-2-6(7)4-3-5/h1-2,5-8H,3-4H2/t5-,6+,7?. The van der Waals surface area contributed by atoms with E-state index in [1.165, 1.54) is 12.8 Å². The molecule has 0 aromatic heterocycles. The highest BCUT2D eigenvalue weighted by molar-refractivity contribution is 7.81. The lowest BCUT2D eigenvalue weighted by Gasteiger charge is -2.04. The zero-order valence-electron chi connectivity index (χ0n) is 4.75. The Morgan fingerprint density at radius 2 is 1.62 bits per heavy atom. The van der Waals surface area contributed by atoms with Crippen LogP contribution < -0.4 is 0 Å². The summed E-state index contributed by atoms with van der Waals surface area (Å²) >= 11 is 4.48. The summed E-state index contributed by atoms with van der Waals surface area (Å²) in [6.45, 7) is 0. The van der Waals surface area contributed by atoms with Crippen molar-refractivity contribution in [1.82, 2.24) is 0 Å². The van der Waals surface area contributed by atoms with Gasteiger partial charge in [-0.05, 0) is 24.7 Å². The van der Waals surface area contributed by atoms with Crippen LogP contribution in [0.4, 0.5) is 0 Å². The Morgan fingerprint density at radius 3 is 1.75 bits per heavy atom. The Bertz CT molecular complexity index is 114. The third kappa shape index (κ3) is 0.482. The second-order valence-corrected chi connectivity index (χ2v) is 3.38. The van der Waals surface area contributed by atoms with E-state index < -0.39 is 0 Å². The molecule has 8 heavy (non-hydrogen) atoms. The molecule has 0 aromatic carbocycles. The van der Waals surface area contributed by atoms with Gasteiger partial charge in [-0.15, -0.1) is 0 Å². The first-order valence-corrected chi connectivity index (χ1v) is 3.76. The summed E-state index contributed by atoms with van der Waals surface area (Å²) in [5.41, 5.74) is 0. The van der Waals surface area contributed by atoms with Gasteiger partial charge in [-0.2, -0.15) is 12.6 Å². The van der Waals surface area contributed by atoms with Crippen molar-refractivity contribution < 1.29 is 0 Å². The summed E-state index contributed by atoms with van der Waals surface area (Å²) in [4.78, 5) is 0. The molecule has 2 rings (SSSR count). The highest BCUT2D eigenvalue weighted by atomic mass is 32.1. The van der Waals surface area contributed by atoms with E-state index in [9.17, 15) is 0 Å². The fourth-order valence-corrected chi connectivity index (χ4v) is 2.25. The van der Waals surface area contributed by atoms with Crippen molar-refractivity contribution in [2.45, 2.75) is 18.1 Å². The predicted molar refractivity (Wildman–Crippen MR) is 38.1 cm³/mol. The van der Waals surface area contributed by atoms with Gasteiger partial charge in [-0.1, -0.05) is 12.2 Å². The maximum atomic E-state index is 4.48. The van der Waals surface area contributed by atoms with E-state index in [2.05, 4.69) is 24.8 Å². The summed E-state index contributed by atoms with van der Waals surface area (Å²) in [5, 5.41) is 0.676. The molecule has 0 aromatic rings. The van der Waals surface area contributed by atoms with Crippen molar-refractivity contribution >= 4 is 12.6 Å². The van der Waals surface area contributed by atoms with Crippen LogP contribution in [0.2, 0.25) is 0 Å². The van der Waals surface area contributed by atoms with Gasteiger partial charge < -0.3 is 0 Å². The molecule has 0 N–H and O–H groups in total. The van der Waals surface area contributed by atoms with Crippen molar-refractivity contribution in [2.75, 3.05) is 0 Å². The molecule has 0 radical (unpaired) electrons. The van der Waals surface area contributed by atoms with Crippen molar-refractivity contribution in [3.8, 4) is 0 Å². The van der Waals surface area contributed by atoms with E-state index in [1.54, 1.807) is 0 Å². The van der Waals surface area contributed by atoms with Crippen LogP contribution in [0.15, 0.2) is 12.2 Å². The zero-order valence-corrected chi connectivity index (χ0v) is 5.64. The third-order valence-electron chi connectivity index (χ3n) is 2.32. The number of allylic oxidation sites excluding steroid dienone is 2. The van der Waals surface area contributed by atoms with E-state index in [1.807, 2.05) is 0 Å². The molecular weight excluding hydrogens is 116 g/mol. The minimum absolute atomic E-state index is 0.676. The Hall–Kier alpha value is 0.0900. The van der Waals surface area contributed by atoms with Crippen LogP contribution in [0.5, 0.6) is 0 Å². The first kappa shape index (κ1) is 4.92. The van der Waals surface area contributed by atoms with Gasteiger partial charge in [-0.3, -0.25) is 0 Å². The molecule has 0 saturated heterocycles. The topological polar surface area (TPSA) is 0 Å².